The van der Waals surface area contributed by atoms with E-state index in [1.807, 2.05) is 36.3 Å². The number of hydrogen-bond acceptors (Lipinski definition) is 3. The molecule has 0 atom stereocenters. The van der Waals surface area contributed by atoms with Gasteiger partial charge in [-0.05, 0) is 47.9 Å². The lowest BCUT2D eigenvalue weighted by molar-refractivity contribution is 1.07. The normalized spacial score (nSPS) is 10.4. The van der Waals surface area contributed by atoms with Crippen molar-refractivity contribution < 1.29 is 0 Å². The van der Waals surface area contributed by atoms with E-state index in [2.05, 4.69) is 30.1 Å². The standard InChI is InChI=1S/C14H16N2S/c1-2-11-7-8-16-9-12(11)10-17-14-5-3-13(15)4-6-14/h3-9H,2,10,15H2,1H3. The lowest BCUT2D eigenvalue weighted by atomic mass is 10.1. The van der Waals surface area contributed by atoms with Crippen LogP contribution >= 0.6 is 11.8 Å². The van der Waals surface area contributed by atoms with Gasteiger partial charge in [0.1, 0.15) is 0 Å². The van der Waals surface area contributed by atoms with Gasteiger partial charge in [0.15, 0.2) is 0 Å². The van der Waals surface area contributed by atoms with Crippen LogP contribution in [0.2, 0.25) is 0 Å². The van der Waals surface area contributed by atoms with Crippen molar-refractivity contribution in [1.82, 2.24) is 4.98 Å². The molecule has 2 N–H and O–H groups in total. The molecule has 0 amide bonds. The molecule has 0 aliphatic heterocycles. The third kappa shape index (κ3) is 3.24. The van der Waals surface area contributed by atoms with Gasteiger partial charge >= 0.3 is 0 Å². The number of hydrogen-bond donors (Lipinski definition) is 1. The number of thioether (sulfide) groups is 1. The topological polar surface area (TPSA) is 38.9 Å². The summed E-state index contributed by atoms with van der Waals surface area (Å²) in [6.45, 7) is 2.17. The zero-order valence-electron chi connectivity index (χ0n) is 9.89. The molecule has 3 heteroatoms. The summed E-state index contributed by atoms with van der Waals surface area (Å²) in [6, 6.07) is 10.1. The Morgan fingerprint density at radius 1 is 1.12 bits per heavy atom. The lowest BCUT2D eigenvalue weighted by Crippen LogP contribution is -1.91. The maximum absolute atomic E-state index is 5.66. The minimum Gasteiger partial charge on any atom is -0.399 e. The third-order valence-corrected chi connectivity index (χ3v) is 3.72. The molecule has 0 radical (unpaired) electrons. The van der Waals surface area contributed by atoms with Gasteiger partial charge in [-0.15, -0.1) is 11.8 Å². The number of nitrogens with zero attached hydrogens (tertiary/aromatic N) is 1. The van der Waals surface area contributed by atoms with Gasteiger partial charge in [-0.3, -0.25) is 4.98 Å². The second-order valence-electron chi connectivity index (χ2n) is 3.86. The quantitative estimate of drug-likeness (QED) is 0.660. The van der Waals surface area contributed by atoms with Crippen molar-refractivity contribution in [3.8, 4) is 0 Å². The van der Waals surface area contributed by atoms with E-state index in [1.165, 1.54) is 16.0 Å². The fourth-order valence-electron chi connectivity index (χ4n) is 1.66. The average molecular weight is 244 g/mol. The van der Waals surface area contributed by atoms with E-state index < -0.39 is 0 Å². The maximum atomic E-state index is 5.66. The number of pyridine rings is 1. The van der Waals surface area contributed by atoms with Gasteiger partial charge in [-0.2, -0.15) is 0 Å². The van der Waals surface area contributed by atoms with Crippen molar-refractivity contribution in [2.75, 3.05) is 5.73 Å². The van der Waals surface area contributed by atoms with E-state index in [1.54, 1.807) is 0 Å². The molecule has 0 aliphatic carbocycles. The molecule has 0 saturated carbocycles. The van der Waals surface area contributed by atoms with E-state index in [0.29, 0.717) is 0 Å². The Labute approximate surface area is 106 Å². The number of aromatic nitrogens is 1. The van der Waals surface area contributed by atoms with Crippen molar-refractivity contribution >= 4 is 17.4 Å². The number of nitrogens with two attached hydrogens (primary N) is 1. The minimum atomic E-state index is 0.810. The highest BCUT2D eigenvalue weighted by molar-refractivity contribution is 7.98. The fraction of sp³-hybridized carbons (Fsp3) is 0.214. The van der Waals surface area contributed by atoms with Crippen molar-refractivity contribution in [3.63, 3.8) is 0 Å². The molecule has 0 saturated heterocycles. The highest BCUT2D eigenvalue weighted by Crippen LogP contribution is 2.24. The molecule has 88 valence electrons. The van der Waals surface area contributed by atoms with Crippen LogP contribution < -0.4 is 5.73 Å². The number of benzene rings is 1. The highest BCUT2D eigenvalue weighted by Gasteiger charge is 2.01. The van der Waals surface area contributed by atoms with Crippen LogP contribution in [-0.2, 0) is 12.2 Å². The second-order valence-corrected chi connectivity index (χ2v) is 4.90. The Hall–Kier alpha value is -1.48. The summed E-state index contributed by atoms with van der Waals surface area (Å²) in [5.41, 5.74) is 9.16. The summed E-state index contributed by atoms with van der Waals surface area (Å²) in [7, 11) is 0. The summed E-state index contributed by atoms with van der Waals surface area (Å²) in [5.74, 6) is 0.959. The molecule has 1 heterocycles. The largest absolute Gasteiger partial charge is 0.399 e. The second kappa shape index (κ2) is 5.73. The van der Waals surface area contributed by atoms with Crippen LogP contribution in [0.4, 0.5) is 5.69 Å². The van der Waals surface area contributed by atoms with Gasteiger partial charge in [-0.1, -0.05) is 6.92 Å². The molecular weight excluding hydrogens is 228 g/mol. The smallest absolute Gasteiger partial charge is 0.0314 e. The van der Waals surface area contributed by atoms with Crippen LogP contribution in [0.5, 0.6) is 0 Å². The van der Waals surface area contributed by atoms with Crippen molar-refractivity contribution in [3.05, 3.63) is 53.9 Å². The number of nitrogen functional groups attached to an aromatic ring is 1. The van der Waals surface area contributed by atoms with Gasteiger partial charge in [0, 0.05) is 28.7 Å². The van der Waals surface area contributed by atoms with E-state index in [9.17, 15) is 0 Å². The van der Waals surface area contributed by atoms with Gasteiger partial charge in [0.25, 0.3) is 0 Å². The molecule has 0 spiro atoms. The Balaban J connectivity index is 2.04. The molecule has 2 aromatic rings. The summed E-state index contributed by atoms with van der Waals surface area (Å²) < 4.78 is 0. The molecular formula is C14H16N2S. The molecule has 0 unspecified atom stereocenters. The van der Waals surface area contributed by atoms with Gasteiger partial charge in [-0.25, -0.2) is 0 Å². The van der Waals surface area contributed by atoms with E-state index in [0.717, 1.165) is 17.9 Å². The summed E-state index contributed by atoms with van der Waals surface area (Å²) >= 11 is 1.82. The van der Waals surface area contributed by atoms with Crippen molar-refractivity contribution in [2.45, 2.75) is 24.0 Å². The number of aryl methyl sites for hydroxylation is 1. The predicted octanol–water partition coefficient (Wildman–Crippen LogP) is 3.52. The third-order valence-electron chi connectivity index (χ3n) is 2.66. The van der Waals surface area contributed by atoms with Crippen LogP contribution in [-0.4, -0.2) is 4.98 Å². The zero-order valence-corrected chi connectivity index (χ0v) is 10.7. The first-order valence-corrected chi connectivity index (χ1v) is 6.68. The van der Waals surface area contributed by atoms with Crippen LogP contribution in [0.15, 0.2) is 47.6 Å². The number of rotatable bonds is 4. The van der Waals surface area contributed by atoms with E-state index in [4.69, 9.17) is 5.73 Å². The van der Waals surface area contributed by atoms with Gasteiger partial charge < -0.3 is 5.73 Å². The molecule has 2 rings (SSSR count). The predicted molar refractivity (Wildman–Crippen MR) is 74.0 cm³/mol. The summed E-state index contributed by atoms with van der Waals surface area (Å²) in [5, 5.41) is 0. The fourth-order valence-corrected chi connectivity index (χ4v) is 2.57. The highest BCUT2D eigenvalue weighted by atomic mass is 32.2. The van der Waals surface area contributed by atoms with Crippen molar-refractivity contribution in [1.29, 1.82) is 0 Å². The molecule has 0 aliphatic rings. The zero-order chi connectivity index (χ0) is 12.1. The molecule has 2 nitrogen and oxygen atoms in total. The van der Waals surface area contributed by atoms with Gasteiger partial charge in [0.2, 0.25) is 0 Å². The first kappa shape index (κ1) is 12.0. The van der Waals surface area contributed by atoms with Crippen LogP contribution in [0.1, 0.15) is 18.1 Å². The molecule has 0 fully saturated rings. The van der Waals surface area contributed by atoms with Crippen molar-refractivity contribution in [2.24, 2.45) is 0 Å². The molecule has 0 bridgehead atoms. The Bertz CT molecular complexity index is 480. The van der Waals surface area contributed by atoms with E-state index >= 15 is 0 Å². The molecule has 1 aromatic carbocycles. The summed E-state index contributed by atoms with van der Waals surface area (Å²) in [4.78, 5) is 5.43. The van der Waals surface area contributed by atoms with Crippen LogP contribution in [0.3, 0.4) is 0 Å². The first-order chi connectivity index (χ1) is 8.29. The SMILES string of the molecule is CCc1ccncc1CSc1ccc(N)cc1. The summed E-state index contributed by atoms with van der Waals surface area (Å²) in [6.07, 6.45) is 4.87. The van der Waals surface area contributed by atoms with E-state index in [-0.39, 0.29) is 0 Å². The lowest BCUT2D eigenvalue weighted by Gasteiger charge is -2.06. The molecule has 17 heavy (non-hydrogen) atoms. The molecule has 1 aromatic heterocycles. The monoisotopic (exact) mass is 244 g/mol. The van der Waals surface area contributed by atoms with Gasteiger partial charge in [0.05, 0.1) is 0 Å². The Morgan fingerprint density at radius 3 is 2.59 bits per heavy atom. The average Bonchev–Trinajstić information content (AvgIpc) is 2.38. The minimum absolute atomic E-state index is 0.810. The first-order valence-electron chi connectivity index (χ1n) is 5.69. The Kier molecular flexibility index (Phi) is 4.04. The van der Waals surface area contributed by atoms with Crippen LogP contribution in [0.25, 0.3) is 0 Å². The Morgan fingerprint density at radius 2 is 1.88 bits per heavy atom. The maximum Gasteiger partial charge on any atom is 0.0314 e. The van der Waals surface area contributed by atoms with Crippen LogP contribution in [0, 0.1) is 0 Å². The number of anilines is 1.